The van der Waals surface area contributed by atoms with Crippen LogP contribution in [-0.2, 0) is 11.3 Å². The molecule has 1 unspecified atom stereocenters. The van der Waals surface area contributed by atoms with E-state index in [0.29, 0.717) is 25.3 Å². The third-order valence-electron chi connectivity index (χ3n) is 6.00. The first kappa shape index (κ1) is 24.3. The first-order chi connectivity index (χ1) is 15.5. The van der Waals surface area contributed by atoms with E-state index in [1.165, 1.54) is 0 Å². The number of ether oxygens (including phenoxy) is 1. The van der Waals surface area contributed by atoms with E-state index < -0.39 is 24.4 Å². The first-order valence-corrected chi connectivity index (χ1v) is 11.1. The predicted octanol–water partition coefficient (Wildman–Crippen LogP) is 1.67. The van der Waals surface area contributed by atoms with Gasteiger partial charge in [-0.15, -0.1) is 0 Å². The van der Waals surface area contributed by atoms with Crippen molar-refractivity contribution in [3.8, 4) is 17.2 Å². The van der Waals surface area contributed by atoms with Gasteiger partial charge in [-0.2, -0.15) is 5.26 Å². The second-order valence-corrected chi connectivity index (χ2v) is 8.30. The number of hydrogen-bond donors (Lipinski definition) is 4. The van der Waals surface area contributed by atoms with Gasteiger partial charge in [0.25, 0.3) is 0 Å². The molecule has 0 amide bonds. The summed E-state index contributed by atoms with van der Waals surface area (Å²) < 4.78 is 5.77. The third-order valence-corrected chi connectivity index (χ3v) is 6.00. The zero-order valence-electron chi connectivity index (χ0n) is 18.2. The average molecular weight is 441 g/mol. The molecule has 7 nitrogen and oxygen atoms in total. The molecule has 172 valence electrons. The van der Waals surface area contributed by atoms with Gasteiger partial charge in [0.05, 0.1) is 37.0 Å². The lowest BCUT2D eigenvalue weighted by atomic mass is 9.94. The highest BCUT2D eigenvalue weighted by atomic mass is 16.5. The van der Waals surface area contributed by atoms with Gasteiger partial charge in [-0.1, -0.05) is 36.4 Å². The summed E-state index contributed by atoms with van der Waals surface area (Å²) in [5.41, 5.74) is 3.81. The highest BCUT2D eigenvalue weighted by Crippen LogP contribution is 2.22. The molecule has 0 saturated carbocycles. The Morgan fingerprint density at radius 3 is 2.47 bits per heavy atom. The number of benzene rings is 2. The summed E-state index contributed by atoms with van der Waals surface area (Å²) in [6.07, 6.45) is -0.687. The standard InChI is InChI=1S/C25H32N2O5/c26-14-19-5-4-6-21(13-19)20-9-7-18(8-10-20)17-32-12-3-1-2-11-27-15-23(29)25(31)24(30)22(27)16-28/h4-10,13,22-25,28-31H,1-3,11-12,15-17H2/t22-,23+,24-,25?/m1/s1. The molecular weight excluding hydrogens is 408 g/mol. The van der Waals surface area contributed by atoms with Gasteiger partial charge in [0.15, 0.2) is 0 Å². The topological polar surface area (TPSA) is 117 Å². The number of aliphatic hydroxyl groups is 4. The number of nitriles is 1. The van der Waals surface area contributed by atoms with Crippen LogP contribution in [0.1, 0.15) is 30.4 Å². The Hall–Kier alpha value is -2.31. The molecule has 0 bridgehead atoms. The van der Waals surface area contributed by atoms with Crippen molar-refractivity contribution in [2.24, 2.45) is 0 Å². The molecule has 0 radical (unpaired) electrons. The number of hydrogen-bond acceptors (Lipinski definition) is 7. The van der Waals surface area contributed by atoms with Gasteiger partial charge in [0.2, 0.25) is 0 Å². The Kier molecular flexibility index (Phi) is 9.18. The largest absolute Gasteiger partial charge is 0.395 e. The van der Waals surface area contributed by atoms with Crippen molar-refractivity contribution in [2.45, 2.75) is 50.2 Å². The molecule has 1 saturated heterocycles. The highest BCUT2D eigenvalue weighted by molar-refractivity contribution is 5.65. The number of rotatable bonds is 10. The first-order valence-electron chi connectivity index (χ1n) is 11.1. The van der Waals surface area contributed by atoms with E-state index in [9.17, 15) is 20.4 Å². The van der Waals surface area contributed by atoms with Crippen LogP contribution in [0.2, 0.25) is 0 Å². The summed E-state index contributed by atoms with van der Waals surface area (Å²) >= 11 is 0. The summed E-state index contributed by atoms with van der Waals surface area (Å²) in [7, 11) is 0. The van der Waals surface area contributed by atoms with Crippen molar-refractivity contribution in [2.75, 3.05) is 26.3 Å². The molecule has 1 fully saturated rings. The molecule has 2 aromatic rings. The van der Waals surface area contributed by atoms with Crippen LogP contribution in [0.3, 0.4) is 0 Å². The average Bonchev–Trinajstić information content (AvgIpc) is 2.82. The Morgan fingerprint density at radius 1 is 0.969 bits per heavy atom. The monoisotopic (exact) mass is 440 g/mol. The quantitative estimate of drug-likeness (QED) is 0.415. The molecule has 2 aromatic carbocycles. The van der Waals surface area contributed by atoms with Crippen molar-refractivity contribution in [1.82, 2.24) is 4.90 Å². The normalized spacial score (nSPS) is 23.7. The van der Waals surface area contributed by atoms with Gasteiger partial charge in [0.1, 0.15) is 12.2 Å². The lowest BCUT2D eigenvalue weighted by Crippen LogP contribution is -2.62. The van der Waals surface area contributed by atoms with Crippen molar-refractivity contribution >= 4 is 0 Å². The van der Waals surface area contributed by atoms with Gasteiger partial charge in [-0.25, -0.2) is 0 Å². The van der Waals surface area contributed by atoms with Crippen LogP contribution in [0.15, 0.2) is 48.5 Å². The molecule has 32 heavy (non-hydrogen) atoms. The van der Waals surface area contributed by atoms with Crippen LogP contribution in [0, 0.1) is 11.3 Å². The lowest BCUT2D eigenvalue weighted by molar-refractivity contribution is -0.145. The Morgan fingerprint density at radius 2 is 1.75 bits per heavy atom. The molecule has 1 aliphatic heterocycles. The fourth-order valence-corrected chi connectivity index (χ4v) is 4.08. The molecule has 3 rings (SSSR count). The fourth-order valence-electron chi connectivity index (χ4n) is 4.08. The van der Waals surface area contributed by atoms with E-state index in [0.717, 1.165) is 36.0 Å². The van der Waals surface area contributed by atoms with Crippen molar-refractivity contribution in [1.29, 1.82) is 5.26 Å². The van der Waals surface area contributed by atoms with Gasteiger partial charge in [-0.3, -0.25) is 4.90 Å². The molecule has 1 aliphatic rings. The SMILES string of the molecule is N#Cc1cccc(-c2ccc(COCCCCCN3C[C@H](O)C(O)[C@H](O)[C@H]3CO)cc2)c1. The molecule has 7 heteroatoms. The zero-order valence-corrected chi connectivity index (χ0v) is 18.2. The molecule has 0 spiro atoms. The molecule has 0 aliphatic carbocycles. The van der Waals surface area contributed by atoms with Gasteiger partial charge >= 0.3 is 0 Å². The summed E-state index contributed by atoms with van der Waals surface area (Å²) in [5.74, 6) is 0. The van der Waals surface area contributed by atoms with Gasteiger partial charge in [-0.05, 0) is 54.6 Å². The summed E-state index contributed by atoms with van der Waals surface area (Å²) in [6.45, 7) is 1.81. The Labute approximate surface area is 189 Å². The van der Waals surface area contributed by atoms with Crippen LogP contribution in [-0.4, -0.2) is 76.0 Å². The summed E-state index contributed by atoms with van der Waals surface area (Å²) in [4.78, 5) is 1.84. The van der Waals surface area contributed by atoms with Crippen molar-refractivity contribution < 1.29 is 25.2 Å². The van der Waals surface area contributed by atoms with Crippen LogP contribution >= 0.6 is 0 Å². The fraction of sp³-hybridized carbons (Fsp3) is 0.480. The van der Waals surface area contributed by atoms with E-state index >= 15 is 0 Å². The zero-order chi connectivity index (χ0) is 22.9. The number of piperidine rings is 1. The second-order valence-electron chi connectivity index (χ2n) is 8.30. The van der Waals surface area contributed by atoms with Crippen LogP contribution in [0.4, 0.5) is 0 Å². The lowest BCUT2D eigenvalue weighted by Gasteiger charge is -2.43. The smallest absolute Gasteiger partial charge is 0.109 e. The number of nitrogens with zero attached hydrogens (tertiary/aromatic N) is 2. The molecule has 1 heterocycles. The predicted molar refractivity (Wildman–Crippen MR) is 121 cm³/mol. The van der Waals surface area contributed by atoms with E-state index in [2.05, 4.69) is 6.07 Å². The van der Waals surface area contributed by atoms with Crippen LogP contribution in [0.25, 0.3) is 11.1 Å². The molecule has 4 N–H and O–H groups in total. The number of aliphatic hydroxyl groups excluding tert-OH is 4. The highest BCUT2D eigenvalue weighted by Gasteiger charge is 2.40. The van der Waals surface area contributed by atoms with Crippen molar-refractivity contribution in [3.63, 3.8) is 0 Å². The van der Waals surface area contributed by atoms with E-state index in [4.69, 9.17) is 10.00 Å². The third kappa shape index (κ3) is 6.36. The molecule has 4 atom stereocenters. The van der Waals surface area contributed by atoms with Gasteiger partial charge in [0, 0.05) is 13.2 Å². The minimum atomic E-state index is -1.21. The number of unbranched alkanes of at least 4 members (excludes halogenated alkanes) is 2. The van der Waals surface area contributed by atoms with Crippen LogP contribution < -0.4 is 0 Å². The maximum atomic E-state index is 10.0. The minimum Gasteiger partial charge on any atom is -0.395 e. The number of β-amino-alcohol motifs (C(OH)–C–C–N with tert-alkyl or cyclic N) is 1. The van der Waals surface area contributed by atoms with Crippen LogP contribution in [0.5, 0.6) is 0 Å². The summed E-state index contributed by atoms with van der Waals surface area (Å²) in [5, 5.41) is 48.2. The van der Waals surface area contributed by atoms with Crippen molar-refractivity contribution in [3.05, 3.63) is 59.7 Å². The number of likely N-dealkylation sites (tertiary alicyclic amines) is 1. The van der Waals surface area contributed by atoms with E-state index in [1.807, 2.05) is 47.4 Å². The van der Waals surface area contributed by atoms with E-state index in [1.54, 1.807) is 6.07 Å². The maximum Gasteiger partial charge on any atom is 0.109 e. The second kappa shape index (κ2) is 12.1. The molecule has 0 aromatic heterocycles. The maximum absolute atomic E-state index is 10.0. The molecular formula is C25H32N2O5. The summed E-state index contributed by atoms with van der Waals surface area (Å²) in [6, 6.07) is 17.3. The van der Waals surface area contributed by atoms with E-state index in [-0.39, 0.29) is 13.2 Å². The minimum absolute atomic E-state index is 0.247. The Balaban J connectivity index is 1.34. The Bertz CT molecular complexity index is 883. The van der Waals surface area contributed by atoms with Gasteiger partial charge < -0.3 is 25.2 Å².